The molecule has 0 spiro atoms. The van der Waals surface area contributed by atoms with E-state index >= 15 is 0 Å². The standard InChI is InChI=1S/C15H19Cl2N2/c1-3-9-19(10-4-2)11-14(17)18-15(19)12-5-7-13(16)8-6-12/h5-8,11H,3-4,9-10H2,1-2H3/q+1. The van der Waals surface area contributed by atoms with Crippen LogP contribution in [-0.4, -0.2) is 23.4 Å². The van der Waals surface area contributed by atoms with Gasteiger partial charge in [-0.1, -0.05) is 37.0 Å². The van der Waals surface area contributed by atoms with Gasteiger partial charge in [0, 0.05) is 5.02 Å². The number of aliphatic imine (C=N–C) groups is 1. The lowest BCUT2D eigenvalue weighted by Crippen LogP contribution is -2.48. The van der Waals surface area contributed by atoms with Crippen LogP contribution in [0.5, 0.6) is 0 Å². The molecule has 0 radical (unpaired) electrons. The van der Waals surface area contributed by atoms with Crippen LogP contribution in [-0.2, 0) is 0 Å². The molecule has 0 saturated heterocycles. The number of hydrogen-bond donors (Lipinski definition) is 0. The molecule has 2 nitrogen and oxygen atoms in total. The molecule has 0 bridgehead atoms. The predicted octanol–water partition coefficient (Wildman–Crippen LogP) is 4.77. The molecule has 1 heterocycles. The first-order valence-corrected chi connectivity index (χ1v) is 7.47. The molecule has 0 saturated carbocycles. The smallest absolute Gasteiger partial charge is 0.241 e. The minimum absolute atomic E-state index is 0.590. The van der Waals surface area contributed by atoms with E-state index < -0.39 is 0 Å². The lowest BCUT2D eigenvalue weighted by atomic mass is 10.1. The molecular formula is C15H19Cl2N2+. The SMILES string of the molecule is CCC[N+]1(CCC)C=C(Cl)N=C1c1ccc(Cl)cc1. The van der Waals surface area contributed by atoms with Crippen molar-refractivity contribution in [3.05, 3.63) is 46.2 Å². The molecule has 4 heteroatoms. The highest BCUT2D eigenvalue weighted by molar-refractivity contribution is 6.31. The summed E-state index contributed by atoms with van der Waals surface area (Å²) in [5, 5.41) is 1.33. The lowest BCUT2D eigenvalue weighted by Gasteiger charge is -2.31. The first-order chi connectivity index (χ1) is 9.11. The third-order valence-corrected chi connectivity index (χ3v) is 3.77. The van der Waals surface area contributed by atoms with Crippen molar-refractivity contribution in [3.8, 4) is 0 Å². The number of benzene rings is 1. The molecule has 0 aromatic heterocycles. The summed E-state index contributed by atoms with van der Waals surface area (Å²) in [6.45, 7) is 6.42. The molecule has 2 rings (SSSR count). The molecule has 0 atom stereocenters. The minimum Gasteiger partial charge on any atom is -0.245 e. The van der Waals surface area contributed by atoms with Crippen molar-refractivity contribution in [2.45, 2.75) is 26.7 Å². The summed E-state index contributed by atoms with van der Waals surface area (Å²) in [6, 6.07) is 7.84. The number of halogens is 2. The summed E-state index contributed by atoms with van der Waals surface area (Å²) in [4.78, 5) is 4.55. The van der Waals surface area contributed by atoms with Gasteiger partial charge in [-0.3, -0.25) is 0 Å². The molecule has 1 aliphatic rings. The van der Waals surface area contributed by atoms with Crippen LogP contribution in [0.3, 0.4) is 0 Å². The Morgan fingerprint density at radius 3 is 2.11 bits per heavy atom. The van der Waals surface area contributed by atoms with Gasteiger partial charge in [0.1, 0.15) is 6.20 Å². The van der Waals surface area contributed by atoms with Crippen molar-refractivity contribution in [3.63, 3.8) is 0 Å². The maximum absolute atomic E-state index is 6.18. The van der Waals surface area contributed by atoms with Crippen LogP contribution in [0.4, 0.5) is 0 Å². The minimum atomic E-state index is 0.590. The summed E-state index contributed by atoms with van der Waals surface area (Å²) >= 11 is 12.1. The highest BCUT2D eigenvalue weighted by Gasteiger charge is 2.37. The lowest BCUT2D eigenvalue weighted by molar-refractivity contribution is -0.785. The van der Waals surface area contributed by atoms with Crippen molar-refractivity contribution in [1.29, 1.82) is 0 Å². The molecule has 0 amide bonds. The van der Waals surface area contributed by atoms with Gasteiger partial charge in [-0.15, -0.1) is 0 Å². The Morgan fingerprint density at radius 2 is 1.58 bits per heavy atom. The van der Waals surface area contributed by atoms with Crippen molar-refractivity contribution in [2.24, 2.45) is 4.99 Å². The predicted molar refractivity (Wildman–Crippen MR) is 82.5 cm³/mol. The molecule has 0 N–H and O–H groups in total. The van der Waals surface area contributed by atoms with E-state index in [4.69, 9.17) is 23.2 Å². The van der Waals surface area contributed by atoms with E-state index in [1.54, 1.807) is 0 Å². The molecule has 19 heavy (non-hydrogen) atoms. The summed E-state index contributed by atoms with van der Waals surface area (Å²) < 4.78 is 0.744. The fourth-order valence-electron chi connectivity index (χ4n) is 2.67. The summed E-state index contributed by atoms with van der Waals surface area (Å²) in [5.74, 6) is 1.03. The number of nitrogens with zero attached hydrogens (tertiary/aromatic N) is 2. The van der Waals surface area contributed by atoms with Crippen molar-refractivity contribution < 1.29 is 4.48 Å². The highest BCUT2D eigenvalue weighted by Crippen LogP contribution is 2.29. The molecule has 0 aliphatic carbocycles. The average Bonchev–Trinajstić information content (AvgIpc) is 2.68. The molecule has 0 fully saturated rings. The van der Waals surface area contributed by atoms with Crippen LogP contribution in [0.2, 0.25) is 5.02 Å². The van der Waals surface area contributed by atoms with Gasteiger partial charge in [0.05, 0.1) is 18.7 Å². The highest BCUT2D eigenvalue weighted by atomic mass is 35.5. The first kappa shape index (κ1) is 14.6. The van der Waals surface area contributed by atoms with E-state index in [-0.39, 0.29) is 0 Å². The van der Waals surface area contributed by atoms with Crippen LogP contribution < -0.4 is 0 Å². The van der Waals surface area contributed by atoms with Gasteiger partial charge >= 0.3 is 0 Å². The molecule has 1 aromatic carbocycles. The fourth-order valence-corrected chi connectivity index (χ4v) is 3.06. The Labute approximate surface area is 124 Å². The average molecular weight is 298 g/mol. The Morgan fingerprint density at radius 1 is 1.00 bits per heavy atom. The van der Waals surface area contributed by atoms with E-state index in [1.807, 2.05) is 24.3 Å². The number of rotatable bonds is 5. The van der Waals surface area contributed by atoms with Gasteiger partial charge in [0.25, 0.3) is 0 Å². The maximum atomic E-state index is 6.18. The van der Waals surface area contributed by atoms with Gasteiger partial charge < -0.3 is 0 Å². The molecule has 1 aliphatic heterocycles. The van der Waals surface area contributed by atoms with Gasteiger partial charge in [0.15, 0.2) is 5.16 Å². The zero-order chi connectivity index (χ0) is 13.9. The molecule has 102 valence electrons. The molecular weight excluding hydrogens is 279 g/mol. The molecule has 1 aromatic rings. The maximum Gasteiger partial charge on any atom is 0.241 e. The van der Waals surface area contributed by atoms with Crippen molar-refractivity contribution in [2.75, 3.05) is 13.1 Å². The quantitative estimate of drug-likeness (QED) is 0.548. The Balaban J connectivity index is 2.42. The second-order valence-corrected chi connectivity index (χ2v) is 5.70. The zero-order valence-electron chi connectivity index (χ0n) is 11.4. The first-order valence-electron chi connectivity index (χ1n) is 6.71. The normalized spacial score (nSPS) is 17.3. The van der Waals surface area contributed by atoms with Crippen LogP contribution in [0.25, 0.3) is 0 Å². The second-order valence-electron chi connectivity index (χ2n) is 4.88. The van der Waals surface area contributed by atoms with Gasteiger partial charge in [-0.05, 0) is 37.1 Å². The Kier molecular flexibility index (Phi) is 4.67. The van der Waals surface area contributed by atoms with Gasteiger partial charge in [0.2, 0.25) is 5.84 Å². The third-order valence-electron chi connectivity index (χ3n) is 3.34. The Bertz CT molecular complexity index is 497. The summed E-state index contributed by atoms with van der Waals surface area (Å²) in [7, 11) is 0. The van der Waals surface area contributed by atoms with Crippen LogP contribution in [0, 0.1) is 0 Å². The van der Waals surface area contributed by atoms with Crippen molar-refractivity contribution in [1.82, 2.24) is 0 Å². The van der Waals surface area contributed by atoms with Gasteiger partial charge in [-0.2, -0.15) is 4.99 Å². The van der Waals surface area contributed by atoms with E-state index in [0.29, 0.717) is 5.16 Å². The number of hydrogen-bond acceptors (Lipinski definition) is 1. The second kappa shape index (κ2) is 6.08. The van der Waals surface area contributed by atoms with Gasteiger partial charge in [-0.25, -0.2) is 4.48 Å². The largest absolute Gasteiger partial charge is 0.245 e. The number of amidine groups is 1. The van der Waals surface area contributed by atoms with E-state index in [2.05, 4.69) is 25.0 Å². The topological polar surface area (TPSA) is 12.4 Å². The van der Waals surface area contributed by atoms with Crippen LogP contribution in [0.15, 0.2) is 40.6 Å². The Hall–Kier alpha value is -0.830. The molecule has 0 unspecified atom stereocenters. The summed E-state index contributed by atoms with van der Waals surface area (Å²) in [6.07, 6.45) is 4.25. The van der Waals surface area contributed by atoms with Crippen LogP contribution in [0.1, 0.15) is 32.3 Å². The monoisotopic (exact) mass is 297 g/mol. The third kappa shape index (κ3) is 3.02. The fraction of sp³-hybridized carbons (Fsp3) is 0.400. The summed E-state index contributed by atoms with van der Waals surface area (Å²) in [5.41, 5.74) is 1.10. The van der Waals surface area contributed by atoms with E-state index in [9.17, 15) is 0 Å². The van der Waals surface area contributed by atoms with E-state index in [1.165, 1.54) is 0 Å². The zero-order valence-corrected chi connectivity index (χ0v) is 12.9. The van der Waals surface area contributed by atoms with Crippen LogP contribution >= 0.6 is 23.2 Å². The van der Waals surface area contributed by atoms with E-state index in [0.717, 1.165) is 46.8 Å². The van der Waals surface area contributed by atoms with Crippen molar-refractivity contribution >= 4 is 29.0 Å². The number of quaternary nitrogens is 1.